The third-order valence-corrected chi connectivity index (χ3v) is 2.80. The molecule has 0 saturated carbocycles. The molecule has 0 unspecified atom stereocenters. The fourth-order valence-electron chi connectivity index (χ4n) is 1.78. The minimum atomic E-state index is -0.422. The highest BCUT2D eigenvalue weighted by Crippen LogP contribution is 2.15. The van der Waals surface area contributed by atoms with E-state index in [1.807, 2.05) is 36.4 Å². The first-order valence-corrected chi connectivity index (χ1v) is 6.35. The van der Waals surface area contributed by atoms with Crippen LogP contribution in [-0.2, 0) is 4.79 Å². The summed E-state index contributed by atoms with van der Waals surface area (Å²) < 4.78 is 0. The minimum absolute atomic E-state index is 0.0758. The molecule has 1 amide bonds. The molecule has 2 rings (SSSR count). The number of nitrogens with zero attached hydrogens (tertiary/aromatic N) is 1. The Morgan fingerprint density at radius 2 is 1.48 bits per heavy atom. The van der Waals surface area contributed by atoms with E-state index >= 15 is 0 Å². The molecule has 0 aromatic heterocycles. The molecule has 0 aliphatic heterocycles. The van der Waals surface area contributed by atoms with Crippen molar-refractivity contribution < 1.29 is 9.72 Å². The normalized spacial score (nSPS) is 10.5. The van der Waals surface area contributed by atoms with E-state index in [-0.39, 0.29) is 11.6 Å². The average molecular weight is 282 g/mol. The summed E-state index contributed by atoms with van der Waals surface area (Å²) in [5.41, 5.74) is 2.68. The summed E-state index contributed by atoms with van der Waals surface area (Å²) in [5.74, 6) is -0.107. The van der Waals surface area contributed by atoms with Crippen molar-refractivity contribution in [1.29, 1.82) is 0 Å². The van der Waals surface area contributed by atoms with Gasteiger partial charge < -0.3 is 5.32 Å². The predicted molar refractivity (Wildman–Crippen MR) is 82.8 cm³/mol. The molecule has 1 N–H and O–H groups in total. The number of carbonyl (C=O) groups is 1. The van der Waals surface area contributed by atoms with Gasteiger partial charge in [-0.25, -0.2) is 0 Å². The van der Waals surface area contributed by atoms with Gasteiger partial charge in [0.05, 0.1) is 4.92 Å². The van der Waals surface area contributed by atoms with Crippen molar-refractivity contribution in [2.45, 2.75) is 6.92 Å². The maximum absolute atomic E-state index is 10.9. The van der Waals surface area contributed by atoms with E-state index in [0.29, 0.717) is 0 Å². The number of amides is 1. The van der Waals surface area contributed by atoms with Gasteiger partial charge in [-0.15, -0.1) is 0 Å². The molecule has 0 spiro atoms. The van der Waals surface area contributed by atoms with Crippen LogP contribution in [0.4, 0.5) is 11.4 Å². The van der Waals surface area contributed by atoms with Crippen molar-refractivity contribution in [3.63, 3.8) is 0 Å². The van der Waals surface area contributed by atoms with Crippen LogP contribution >= 0.6 is 0 Å². The zero-order valence-electron chi connectivity index (χ0n) is 11.4. The Balaban J connectivity index is 2.06. The number of anilines is 1. The Hall–Kier alpha value is -2.95. The Morgan fingerprint density at radius 1 is 1.00 bits per heavy atom. The van der Waals surface area contributed by atoms with Gasteiger partial charge in [-0.05, 0) is 35.4 Å². The first kappa shape index (κ1) is 14.5. The van der Waals surface area contributed by atoms with E-state index < -0.39 is 4.92 Å². The molecule has 0 saturated heterocycles. The molecule has 0 aliphatic carbocycles. The summed E-state index contributed by atoms with van der Waals surface area (Å²) in [6.45, 7) is 1.46. The zero-order chi connectivity index (χ0) is 15.2. The average Bonchev–Trinajstić information content (AvgIpc) is 2.46. The standard InChI is InChI=1S/C16H14N2O3/c1-12(19)17-15-8-4-13(5-9-15)2-3-14-6-10-16(11-7-14)18(20)21/h2-11H,1H3,(H,17,19)/b3-2-. The first-order valence-electron chi connectivity index (χ1n) is 6.35. The summed E-state index contributed by atoms with van der Waals surface area (Å²) in [5, 5.41) is 13.3. The summed E-state index contributed by atoms with van der Waals surface area (Å²) >= 11 is 0. The molecule has 106 valence electrons. The molecule has 2 aromatic carbocycles. The van der Waals surface area contributed by atoms with Gasteiger partial charge in [-0.3, -0.25) is 14.9 Å². The number of nitro benzene ring substituents is 1. The number of benzene rings is 2. The minimum Gasteiger partial charge on any atom is -0.326 e. The van der Waals surface area contributed by atoms with Crippen LogP contribution in [0.2, 0.25) is 0 Å². The molecule has 2 aromatic rings. The molecule has 0 fully saturated rings. The summed E-state index contributed by atoms with van der Waals surface area (Å²) in [7, 11) is 0. The van der Waals surface area contributed by atoms with Crippen LogP contribution in [-0.4, -0.2) is 10.8 Å². The van der Waals surface area contributed by atoms with E-state index in [4.69, 9.17) is 0 Å². The Morgan fingerprint density at radius 3 is 1.90 bits per heavy atom. The number of hydrogen-bond acceptors (Lipinski definition) is 3. The van der Waals surface area contributed by atoms with E-state index in [2.05, 4.69) is 5.32 Å². The molecular weight excluding hydrogens is 268 g/mol. The van der Waals surface area contributed by atoms with Crippen molar-refractivity contribution in [2.24, 2.45) is 0 Å². The smallest absolute Gasteiger partial charge is 0.269 e. The summed E-state index contributed by atoms with van der Waals surface area (Å²) in [6, 6.07) is 13.7. The molecule has 21 heavy (non-hydrogen) atoms. The second kappa shape index (κ2) is 6.47. The summed E-state index contributed by atoms with van der Waals surface area (Å²) in [4.78, 5) is 21.0. The molecular formula is C16H14N2O3. The van der Waals surface area contributed by atoms with Gasteiger partial charge in [0.1, 0.15) is 0 Å². The molecule has 0 heterocycles. The third kappa shape index (κ3) is 4.28. The Kier molecular flexibility index (Phi) is 4.46. The van der Waals surface area contributed by atoms with Gasteiger partial charge in [0, 0.05) is 24.7 Å². The second-order valence-corrected chi connectivity index (χ2v) is 4.49. The van der Waals surface area contributed by atoms with Crippen LogP contribution in [0, 0.1) is 10.1 Å². The summed E-state index contributed by atoms with van der Waals surface area (Å²) in [6.07, 6.45) is 3.77. The van der Waals surface area contributed by atoms with Gasteiger partial charge >= 0.3 is 0 Å². The molecule has 5 heteroatoms. The fourth-order valence-corrected chi connectivity index (χ4v) is 1.78. The highest BCUT2D eigenvalue weighted by atomic mass is 16.6. The molecule has 0 radical (unpaired) electrons. The number of rotatable bonds is 4. The van der Waals surface area contributed by atoms with Crippen LogP contribution in [0.5, 0.6) is 0 Å². The maximum atomic E-state index is 10.9. The number of carbonyl (C=O) groups excluding carboxylic acids is 1. The van der Waals surface area contributed by atoms with E-state index in [0.717, 1.165) is 16.8 Å². The third-order valence-electron chi connectivity index (χ3n) is 2.80. The van der Waals surface area contributed by atoms with Gasteiger partial charge in [0.25, 0.3) is 5.69 Å². The van der Waals surface area contributed by atoms with Crippen molar-refractivity contribution in [3.8, 4) is 0 Å². The lowest BCUT2D eigenvalue weighted by Crippen LogP contribution is -2.05. The van der Waals surface area contributed by atoms with Crippen molar-refractivity contribution in [3.05, 3.63) is 69.8 Å². The van der Waals surface area contributed by atoms with Crippen molar-refractivity contribution in [1.82, 2.24) is 0 Å². The number of non-ortho nitro benzene ring substituents is 1. The molecule has 0 bridgehead atoms. The van der Waals surface area contributed by atoms with E-state index in [9.17, 15) is 14.9 Å². The topological polar surface area (TPSA) is 72.2 Å². The SMILES string of the molecule is CC(=O)Nc1ccc(/C=C\c2ccc([N+](=O)[O-])cc2)cc1. The van der Waals surface area contributed by atoms with E-state index in [1.54, 1.807) is 12.1 Å². The van der Waals surface area contributed by atoms with Crippen LogP contribution in [0.15, 0.2) is 48.5 Å². The number of nitro groups is 1. The Labute approximate surface area is 122 Å². The first-order chi connectivity index (χ1) is 10.0. The fraction of sp³-hybridized carbons (Fsp3) is 0.0625. The molecule has 0 atom stereocenters. The number of nitrogens with one attached hydrogen (secondary N) is 1. The number of hydrogen-bond donors (Lipinski definition) is 1. The second-order valence-electron chi connectivity index (χ2n) is 4.49. The highest BCUT2D eigenvalue weighted by molar-refractivity contribution is 5.88. The van der Waals surface area contributed by atoms with Gasteiger partial charge in [0.15, 0.2) is 0 Å². The van der Waals surface area contributed by atoms with Crippen molar-refractivity contribution >= 4 is 29.4 Å². The van der Waals surface area contributed by atoms with Crippen molar-refractivity contribution in [2.75, 3.05) is 5.32 Å². The highest BCUT2D eigenvalue weighted by Gasteiger charge is 2.02. The quantitative estimate of drug-likeness (QED) is 0.527. The molecule has 0 aliphatic rings. The van der Waals surface area contributed by atoms with E-state index in [1.165, 1.54) is 19.1 Å². The monoisotopic (exact) mass is 282 g/mol. The van der Waals surface area contributed by atoms with Crippen LogP contribution in [0.3, 0.4) is 0 Å². The predicted octanol–water partition coefficient (Wildman–Crippen LogP) is 3.72. The largest absolute Gasteiger partial charge is 0.326 e. The zero-order valence-corrected chi connectivity index (χ0v) is 11.4. The van der Waals surface area contributed by atoms with Crippen LogP contribution in [0.25, 0.3) is 12.2 Å². The lowest BCUT2D eigenvalue weighted by Gasteiger charge is -2.01. The van der Waals surface area contributed by atoms with Crippen LogP contribution < -0.4 is 5.32 Å². The maximum Gasteiger partial charge on any atom is 0.269 e. The van der Waals surface area contributed by atoms with Gasteiger partial charge in [-0.1, -0.05) is 24.3 Å². The van der Waals surface area contributed by atoms with Gasteiger partial charge in [-0.2, -0.15) is 0 Å². The Bertz CT molecular complexity index is 674. The van der Waals surface area contributed by atoms with Gasteiger partial charge in [0.2, 0.25) is 5.91 Å². The van der Waals surface area contributed by atoms with Crippen LogP contribution in [0.1, 0.15) is 18.1 Å². The lowest BCUT2D eigenvalue weighted by molar-refractivity contribution is -0.384. The lowest BCUT2D eigenvalue weighted by atomic mass is 10.1. The molecule has 5 nitrogen and oxygen atoms in total.